The summed E-state index contributed by atoms with van der Waals surface area (Å²) in [7, 11) is -2.68. The van der Waals surface area contributed by atoms with Crippen molar-refractivity contribution in [2.75, 3.05) is 12.4 Å². The first kappa shape index (κ1) is 17.6. The second-order valence-corrected chi connectivity index (χ2v) is 6.84. The number of hydrogen-bond donors (Lipinski definition) is 2. The van der Waals surface area contributed by atoms with E-state index in [0.29, 0.717) is 5.02 Å². The van der Waals surface area contributed by atoms with Gasteiger partial charge in [-0.15, -0.1) is 0 Å². The summed E-state index contributed by atoms with van der Waals surface area (Å²) in [6.45, 7) is 0. The molecule has 0 aliphatic carbocycles. The maximum atomic E-state index is 12.2. The lowest BCUT2D eigenvalue weighted by Crippen LogP contribution is -2.16. The third-order valence-corrected chi connectivity index (χ3v) is 4.58. The molecule has 0 aromatic heterocycles. The standard InChI is InChI=1S/C14H12Cl2N2O4S/c1-22-12-5-3-9(7-13(12)23(17,20)21)18-14(19)8-2-4-10(15)11(16)6-8/h2-7H,1H3,(H,18,19)(H2,17,20,21). The summed E-state index contributed by atoms with van der Waals surface area (Å²) < 4.78 is 28.1. The van der Waals surface area contributed by atoms with Gasteiger partial charge in [0, 0.05) is 11.3 Å². The van der Waals surface area contributed by atoms with E-state index in [1.54, 1.807) is 0 Å². The number of anilines is 1. The Hall–Kier alpha value is -1.80. The van der Waals surface area contributed by atoms with Crippen LogP contribution in [0.1, 0.15) is 10.4 Å². The Bertz CT molecular complexity index is 869. The number of benzene rings is 2. The molecule has 0 fully saturated rings. The molecule has 0 saturated heterocycles. The summed E-state index contributed by atoms with van der Waals surface area (Å²) in [5.41, 5.74) is 0.512. The van der Waals surface area contributed by atoms with Gasteiger partial charge in [0.1, 0.15) is 10.6 Å². The molecule has 2 aromatic rings. The van der Waals surface area contributed by atoms with Gasteiger partial charge in [-0.05, 0) is 36.4 Å². The van der Waals surface area contributed by atoms with Crippen LogP contribution in [0.25, 0.3) is 0 Å². The number of primary sulfonamides is 1. The van der Waals surface area contributed by atoms with Gasteiger partial charge in [-0.2, -0.15) is 0 Å². The van der Waals surface area contributed by atoms with Crippen LogP contribution in [-0.2, 0) is 10.0 Å². The molecular formula is C14H12Cl2N2O4S. The highest BCUT2D eigenvalue weighted by Crippen LogP contribution is 2.27. The number of halogens is 2. The summed E-state index contributed by atoms with van der Waals surface area (Å²) in [5, 5.41) is 8.24. The molecule has 0 saturated carbocycles. The van der Waals surface area contributed by atoms with E-state index >= 15 is 0 Å². The third kappa shape index (κ3) is 4.14. The topological polar surface area (TPSA) is 98.5 Å². The average Bonchev–Trinajstić information content (AvgIpc) is 2.49. The molecule has 6 nitrogen and oxygen atoms in total. The summed E-state index contributed by atoms with van der Waals surface area (Å²) in [6, 6.07) is 8.48. The fourth-order valence-electron chi connectivity index (χ4n) is 1.82. The van der Waals surface area contributed by atoms with Crippen molar-refractivity contribution < 1.29 is 17.9 Å². The van der Waals surface area contributed by atoms with Gasteiger partial charge in [-0.3, -0.25) is 4.79 Å². The summed E-state index contributed by atoms with van der Waals surface area (Å²) in [6.07, 6.45) is 0. The van der Waals surface area contributed by atoms with Gasteiger partial charge in [0.25, 0.3) is 5.91 Å². The number of rotatable bonds is 4. The molecule has 0 unspecified atom stereocenters. The van der Waals surface area contributed by atoms with Gasteiger partial charge >= 0.3 is 0 Å². The van der Waals surface area contributed by atoms with E-state index in [1.165, 1.54) is 43.5 Å². The van der Waals surface area contributed by atoms with Gasteiger partial charge in [0.05, 0.1) is 17.2 Å². The van der Waals surface area contributed by atoms with Crippen molar-refractivity contribution in [3.05, 3.63) is 52.0 Å². The van der Waals surface area contributed by atoms with E-state index in [-0.39, 0.29) is 26.9 Å². The number of ether oxygens (including phenoxy) is 1. The average molecular weight is 375 g/mol. The molecule has 0 aliphatic rings. The molecule has 0 spiro atoms. The van der Waals surface area contributed by atoms with Crippen LogP contribution in [0.4, 0.5) is 5.69 Å². The minimum atomic E-state index is -4.00. The predicted octanol–water partition coefficient (Wildman–Crippen LogP) is 2.90. The molecule has 2 rings (SSSR count). The lowest BCUT2D eigenvalue weighted by atomic mass is 10.2. The molecule has 23 heavy (non-hydrogen) atoms. The van der Waals surface area contributed by atoms with Crippen LogP contribution in [0.15, 0.2) is 41.3 Å². The van der Waals surface area contributed by atoms with Crippen molar-refractivity contribution in [3.8, 4) is 5.75 Å². The molecule has 0 heterocycles. The maximum Gasteiger partial charge on any atom is 0.255 e. The first-order valence-electron chi connectivity index (χ1n) is 6.19. The number of methoxy groups -OCH3 is 1. The zero-order valence-corrected chi connectivity index (χ0v) is 14.2. The fourth-order valence-corrected chi connectivity index (χ4v) is 2.84. The Kier molecular flexibility index (Phi) is 5.16. The molecule has 122 valence electrons. The molecule has 0 radical (unpaired) electrons. The SMILES string of the molecule is COc1ccc(NC(=O)c2ccc(Cl)c(Cl)c2)cc1S(N)(=O)=O. The second-order valence-electron chi connectivity index (χ2n) is 4.49. The van der Waals surface area contributed by atoms with E-state index in [1.807, 2.05) is 0 Å². The van der Waals surface area contributed by atoms with Crippen LogP contribution in [-0.4, -0.2) is 21.4 Å². The Labute approximate surface area is 143 Å². The predicted molar refractivity (Wildman–Crippen MR) is 88.8 cm³/mol. The summed E-state index contributed by atoms with van der Waals surface area (Å²) >= 11 is 11.7. The van der Waals surface area contributed by atoms with E-state index in [4.69, 9.17) is 33.1 Å². The van der Waals surface area contributed by atoms with Crippen molar-refractivity contribution in [2.24, 2.45) is 5.14 Å². The summed E-state index contributed by atoms with van der Waals surface area (Å²) in [4.78, 5) is 11.9. The van der Waals surface area contributed by atoms with Gasteiger partial charge in [0.2, 0.25) is 10.0 Å². The third-order valence-electron chi connectivity index (χ3n) is 2.91. The van der Waals surface area contributed by atoms with Gasteiger partial charge < -0.3 is 10.1 Å². The van der Waals surface area contributed by atoms with Crippen LogP contribution < -0.4 is 15.2 Å². The van der Waals surface area contributed by atoms with E-state index in [9.17, 15) is 13.2 Å². The highest BCUT2D eigenvalue weighted by Gasteiger charge is 2.17. The van der Waals surface area contributed by atoms with Crippen molar-refractivity contribution in [1.29, 1.82) is 0 Å². The Morgan fingerprint density at radius 1 is 1.13 bits per heavy atom. The Morgan fingerprint density at radius 3 is 2.39 bits per heavy atom. The van der Waals surface area contributed by atoms with Gasteiger partial charge in [-0.25, -0.2) is 13.6 Å². The maximum absolute atomic E-state index is 12.2. The highest BCUT2D eigenvalue weighted by molar-refractivity contribution is 7.89. The Morgan fingerprint density at radius 2 is 1.83 bits per heavy atom. The lowest BCUT2D eigenvalue weighted by molar-refractivity contribution is 0.102. The number of nitrogens with two attached hydrogens (primary N) is 1. The quantitative estimate of drug-likeness (QED) is 0.859. The second kappa shape index (κ2) is 6.76. The molecule has 0 bridgehead atoms. The number of amides is 1. The van der Waals surface area contributed by atoms with E-state index in [2.05, 4.69) is 5.32 Å². The van der Waals surface area contributed by atoms with E-state index < -0.39 is 15.9 Å². The first-order chi connectivity index (χ1) is 10.7. The molecule has 0 aliphatic heterocycles. The fraction of sp³-hybridized carbons (Fsp3) is 0.0714. The lowest BCUT2D eigenvalue weighted by Gasteiger charge is -2.10. The molecule has 0 atom stereocenters. The minimum absolute atomic E-state index is 0.0834. The smallest absolute Gasteiger partial charge is 0.255 e. The molecule has 3 N–H and O–H groups in total. The normalized spacial score (nSPS) is 11.1. The van der Waals surface area contributed by atoms with Crippen LogP contribution in [0.2, 0.25) is 10.0 Å². The van der Waals surface area contributed by atoms with Crippen LogP contribution >= 0.6 is 23.2 Å². The number of sulfonamides is 1. The van der Waals surface area contributed by atoms with Crippen molar-refractivity contribution in [2.45, 2.75) is 4.90 Å². The number of carbonyl (C=O) groups is 1. The van der Waals surface area contributed by atoms with Crippen LogP contribution in [0, 0.1) is 0 Å². The number of carbonyl (C=O) groups excluding carboxylic acids is 1. The molecule has 2 aromatic carbocycles. The van der Waals surface area contributed by atoms with Crippen molar-refractivity contribution >= 4 is 44.8 Å². The zero-order valence-electron chi connectivity index (χ0n) is 11.8. The molecular weight excluding hydrogens is 363 g/mol. The highest BCUT2D eigenvalue weighted by atomic mass is 35.5. The van der Waals surface area contributed by atoms with Crippen LogP contribution in [0.5, 0.6) is 5.75 Å². The molecule has 1 amide bonds. The first-order valence-corrected chi connectivity index (χ1v) is 8.50. The van der Waals surface area contributed by atoms with Crippen molar-refractivity contribution in [1.82, 2.24) is 0 Å². The van der Waals surface area contributed by atoms with Gasteiger partial charge in [0.15, 0.2) is 0 Å². The number of hydrogen-bond acceptors (Lipinski definition) is 4. The zero-order chi connectivity index (χ0) is 17.2. The minimum Gasteiger partial charge on any atom is -0.495 e. The van der Waals surface area contributed by atoms with Crippen LogP contribution in [0.3, 0.4) is 0 Å². The monoisotopic (exact) mass is 374 g/mol. The molecule has 9 heteroatoms. The largest absolute Gasteiger partial charge is 0.495 e. The van der Waals surface area contributed by atoms with Crippen molar-refractivity contribution in [3.63, 3.8) is 0 Å². The number of nitrogens with one attached hydrogen (secondary N) is 1. The van der Waals surface area contributed by atoms with Gasteiger partial charge in [-0.1, -0.05) is 23.2 Å². The van der Waals surface area contributed by atoms with E-state index in [0.717, 1.165) is 0 Å². The summed E-state index contributed by atoms with van der Waals surface area (Å²) in [5.74, 6) is -0.394. The Balaban J connectivity index is 2.33.